The lowest BCUT2D eigenvalue weighted by Crippen LogP contribution is -2.44. The lowest BCUT2D eigenvalue weighted by Gasteiger charge is -2.37. The molecule has 10 rings (SSSR count). The Hall–Kier alpha value is -6.78. The zero-order chi connectivity index (χ0) is 47.6. The number of rotatable bonds is 10. The van der Waals surface area contributed by atoms with Gasteiger partial charge in [-0.2, -0.15) is 0 Å². The number of phenols is 2. The second kappa shape index (κ2) is 17.7. The van der Waals surface area contributed by atoms with Crippen molar-refractivity contribution in [2.24, 2.45) is 11.8 Å². The van der Waals surface area contributed by atoms with Crippen LogP contribution in [0.25, 0.3) is 39.4 Å². The van der Waals surface area contributed by atoms with E-state index in [9.17, 15) is 34.8 Å². The molecule has 0 saturated carbocycles. The van der Waals surface area contributed by atoms with Crippen LogP contribution in [-0.2, 0) is 41.1 Å². The summed E-state index contributed by atoms with van der Waals surface area (Å²) in [4.78, 5) is 49.2. The number of piperidine rings is 2. The van der Waals surface area contributed by atoms with E-state index in [1.54, 1.807) is 34.6 Å². The number of cyclic esters (lactones) is 1. The summed E-state index contributed by atoms with van der Waals surface area (Å²) >= 11 is 0. The van der Waals surface area contributed by atoms with E-state index in [0.717, 1.165) is 68.3 Å². The summed E-state index contributed by atoms with van der Waals surface area (Å²) in [7, 11) is 0. The topological polar surface area (TPSA) is 206 Å². The number of aromatic nitrogens is 5. The number of hydrogen-bond acceptors (Lipinski definition) is 13. The number of carbonyl (C=O) groups excluding carboxylic acids is 2. The highest BCUT2D eigenvalue weighted by Crippen LogP contribution is 2.42. The van der Waals surface area contributed by atoms with Crippen LogP contribution in [0.15, 0.2) is 65.5 Å². The smallest absolute Gasteiger partial charge is 0.415 e. The number of likely N-dealkylation sites (tertiary alicyclic amines) is 2. The van der Waals surface area contributed by atoms with E-state index in [1.807, 2.05) is 45.0 Å². The molecule has 3 aromatic carbocycles. The molecule has 3 aromatic heterocycles. The van der Waals surface area contributed by atoms with Crippen LogP contribution in [0.5, 0.6) is 23.3 Å². The van der Waals surface area contributed by atoms with Gasteiger partial charge < -0.3 is 44.3 Å². The average Bonchev–Trinajstić information content (AvgIpc) is 3.90. The summed E-state index contributed by atoms with van der Waals surface area (Å²) in [6, 6.07) is 17.9. The molecule has 1 atom stereocenters. The van der Waals surface area contributed by atoms with E-state index in [1.165, 1.54) is 16.2 Å². The summed E-state index contributed by atoms with van der Waals surface area (Å²) in [6.07, 6.45) is 5.31. The number of aromatic hydroxyl groups is 3. The molecule has 68 heavy (non-hydrogen) atoms. The average molecular weight is 924 g/mol. The van der Waals surface area contributed by atoms with Gasteiger partial charge in [0.1, 0.15) is 23.9 Å². The number of aryl methyl sites for hydroxylation is 1. The zero-order valence-corrected chi connectivity index (χ0v) is 38.9. The van der Waals surface area contributed by atoms with Gasteiger partial charge in [-0.3, -0.25) is 4.79 Å². The van der Waals surface area contributed by atoms with Crippen LogP contribution in [0.3, 0.4) is 0 Å². The lowest BCUT2D eigenvalue weighted by atomic mass is 9.86. The number of fused-ring (bicyclic) bond motifs is 5. The van der Waals surface area contributed by atoms with Crippen LogP contribution >= 0.6 is 0 Å². The minimum atomic E-state index is -1.90. The van der Waals surface area contributed by atoms with Gasteiger partial charge in [-0.15, -0.1) is 5.10 Å². The summed E-state index contributed by atoms with van der Waals surface area (Å²) in [6.45, 7) is 12.1. The van der Waals surface area contributed by atoms with Crippen LogP contribution in [0.1, 0.15) is 99.1 Å². The largest absolute Gasteiger partial charge is 0.508 e. The molecule has 4 N–H and O–H groups in total. The number of aliphatic hydroxyl groups is 1. The molecular weight excluding hydrogens is 867 g/mol. The molecule has 16 nitrogen and oxygen atoms in total. The van der Waals surface area contributed by atoms with Gasteiger partial charge in [0.2, 0.25) is 0 Å². The third-order valence-electron chi connectivity index (χ3n) is 14.8. The molecule has 0 aliphatic carbocycles. The second-order valence-corrected chi connectivity index (χ2v) is 19.2. The van der Waals surface area contributed by atoms with Crippen LogP contribution in [-0.4, -0.2) is 99.3 Å². The predicted molar refractivity (Wildman–Crippen MR) is 253 cm³/mol. The number of nitrogens with zero attached hydrogens (tertiary/aromatic N) is 7. The number of amides is 1. The van der Waals surface area contributed by atoms with Crippen molar-refractivity contribution in [2.75, 3.05) is 32.7 Å². The third kappa shape index (κ3) is 7.92. The first kappa shape index (κ1) is 45.0. The fraction of sp³-hybridized carbons (Fsp3) is 0.423. The Labute approximate surface area is 393 Å². The molecule has 1 unspecified atom stereocenters. The van der Waals surface area contributed by atoms with Gasteiger partial charge in [0.15, 0.2) is 11.4 Å². The number of benzene rings is 3. The zero-order valence-electron chi connectivity index (χ0n) is 38.9. The van der Waals surface area contributed by atoms with Gasteiger partial charge in [-0.1, -0.05) is 44.9 Å². The molecule has 354 valence electrons. The van der Waals surface area contributed by atoms with E-state index in [4.69, 9.17) is 14.5 Å². The van der Waals surface area contributed by atoms with Crippen LogP contribution in [0, 0.1) is 11.8 Å². The summed E-state index contributed by atoms with van der Waals surface area (Å²) in [5, 5.41) is 51.9. The molecule has 4 aliphatic rings. The van der Waals surface area contributed by atoms with Gasteiger partial charge in [-0.25, -0.2) is 19.1 Å². The maximum Gasteiger partial charge on any atom is 0.415 e. The lowest BCUT2D eigenvalue weighted by molar-refractivity contribution is -0.172. The van der Waals surface area contributed by atoms with E-state index in [0.29, 0.717) is 77.4 Å². The van der Waals surface area contributed by atoms with Gasteiger partial charge in [-0.05, 0) is 135 Å². The van der Waals surface area contributed by atoms with Crippen molar-refractivity contribution in [3.8, 4) is 51.7 Å². The van der Waals surface area contributed by atoms with E-state index < -0.39 is 11.6 Å². The van der Waals surface area contributed by atoms with Gasteiger partial charge in [0.25, 0.3) is 5.56 Å². The van der Waals surface area contributed by atoms with Crippen molar-refractivity contribution in [2.45, 2.75) is 97.3 Å². The summed E-state index contributed by atoms with van der Waals surface area (Å²) < 4.78 is 14.3. The fourth-order valence-electron chi connectivity index (χ4n) is 10.8. The Morgan fingerprint density at radius 2 is 1.62 bits per heavy atom. The molecule has 2 saturated heterocycles. The van der Waals surface area contributed by atoms with Crippen LogP contribution in [0.2, 0.25) is 0 Å². The number of carbonyl (C=O) groups is 2. The number of hydrogen-bond donors (Lipinski definition) is 4. The summed E-state index contributed by atoms with van der Waals surface area (Å²) in [5.74, 6) is 0.861. The Morgan fingerprint density at radius 3 is 2.32 bits per heavy atom. The molecular formula is C52H57N7O9. The Balaban J connectivity index is 0.722. The maximum absolute atomic E-state index is 13.7. The SMILES string of the molecule is CCc1c2c(nc3ccc(OC(=O)N4CCC(CN5CCC(Cc6ccc(-n7c(O)nnc7-c7cc(C(C)C)c(O)cc7O)cc6)CC5)CC4)cc13)-c1cc3c(c(=O)n1C2)COC(=O)C3(O)CC. The number of pyridine rings is 2. The molecule has 0 spiro atoms. The highest BCUT2D eigenvalue weighted by atomic mass is 16.6. The van der Waals surface area contributed by atoms with E-state index in [-0.39, 0.29) is 65.1 Å². The first-order valence-corrected chi connectivity index (χ1v) is 23.9. The van der Waals surface area contributed by atoms with Crippen LogP contribution in [0.4, 0.5) is 4.79 Å². The third-order valence-corrected chi connectivity index (χ3v) is 14.8. The molecule has 16 heteroatoms. The van der Waals surface area contributed by atoms with Crippen molar-refractivity contribution in [1.82, 2.24) is 34.1 Å². The predicted octanol–water partition coefficient (Wildman–Crippen LogP) is 7.30. The van der Waals surface area contributed by atoms with Gasteiger partial charge in [0.05, 0.1) is 40.3 Å². The Bertz CT molecular complexity index is 3020. The maximum atomic E-state index is 13.7. The summed E-state index contributed by atoms with van der Waals surface area (Å²) in [5.41, 5.74) is 5.05. The van der Waals surface area contributed by atoms with Crippen LogP contribution < -0.4 is 10.3 Å². The molecule has 2 fully saturated rings. The molecule has 4 aliphatic heterocycles. The van der Waals surface area contributed by atoms with Gasteiger partial charge in [0, 0.05) is 42.2 Å². The highest BCUT2D eigenvalue weighted by Gasteiger charge is 2.45. The number of ether oxygens (including phenoxy) is 2. The first-order chi connectivity index (χ1) is 32.7. The van der Waals surface area contributed by atoms with Gasteiger partial charge >= 0.3 is 18.1 Å². The molecule has 6 aromatic rings. The van der Waals surface area contributed by atoms with Crippen molar-refractivity contribution < 1.29 is 39.5 Å². The fourth-order valence-corrected chi connectivity index (χ4v) is 10.8. The number of esters is 1. The number of phenolic OH excluding ortho intramolecular Hbond substituents is 2. The Kier molecular flexibility index (Phi) is 11.7. The Morgan fingerprint density at radius 1 is 0.882 bits per heavy atom. The highest BCUT2D eigenvalue weighted by molar-refractivity contribution is 5.90. The molecule has 0 radical (unpaired) electrons. The van der Waals surface area contributed by atoms with Crippen molar-refractivity contribution in [1.29, 1.82) is 0 Å². The van der Waals surface area contributed by atoms with Crippen molar-refractivity contribution >= 4 is 23.0 Å². The van der Waals surface area contributed by atoms with Crippen molar-refractivity contribution in [3.05, 3.63) is 104 Å². The minimum Gasteiger partial charge on any atom is -0.508 e. The standard InChI is InChI=1S/C52H57N7O9/c1-5-35-37-22-34(11-12-42(37)53-46-39(35)27-58-43(46)24-41-40(48(58)62)28-67-49(63)52(41,66)6-2)68-51(65)57-19-15-32(16-20-57)26-56-17-13-31(14-18-56)21-30-7-9-33(10-8-30)59-47(54-55-50(59)64)38-23-36(29(3)4)44(60)25-45(38)61/h7-12,22-25,29,31-32,60-61,66H,5-6,13-21,26-28H2,1-4H3,(H,55,64). The minimum absolute atomic E-state index is 0.00198. The van der Waals surface area contributed by atoms with E-state index >= 15 is 0 Å². The molecule has 0 bridgehead atoms. The van der Waals surface area contributed by atoms with E-state index in [2.05, 4.69) is 27.2 Å². The second-order valence-electron chi connectivity index (χ2n) is 19.2. The van der Waals surface area contributed by atoms with Crippen molar-refractivity contribution in [3.63, 3.8) is 0 Å². The first-order valence-electron chi connectivity index (χ1n) is 23.9. The normalized spacial score (nSPS) is 18.7. The monoisotopic (exact) mass is 923 g/mol. The quantitative estimate of drug-likeness (QED) is 0.0996. The molecule has 1 amide bonds. The molecule has 7 heterocycles.